The zero-order valence-electron chi connectivity index (χ0n) is 14.1. The van der Waals surface area contributed by atoms with Gasteiger partial charge in [-0.2, -0.15) is 0 Å². The fourth-order valence-corrected chi connectivity index (χ4v) is 3.33. The SMILES string of the molecule is COc1cc2ncnc(N3Cc4cccc(NN)c4C3)c2cc1OC. The van der Waals surface area contributed by atoms with Crippen molar-refractivity contribution >= 4 is 22.4 Å². The second-order valence-electron chi connectivity index (χ2n) is 5.87. The number of nitrogens with two attached hydrogens (primary N) is 1. The number of aromatic nitrogens is 2. The zero-order chi connectivity index (χ0) is 17.4. The molecular formula is C18H19N5O2. The van der Waals surface area contributed by atoms with Crippen molar-refractivity contribution in [2.75, 3.05) is 24.5 Å². The molecule has 0 saturated heterocycles. The summed E-state index contributed by atoms with van der Waals surface area (Å²) in [5.41, 5.74) is 6.96. The van der Waals surface area contributed by atoms with Crippen molar-refractivity contribution in [2.24, 2.45) is 5.84 Å². The van der Waals surface area contributed by atoms with Crippen molar-refractivity contribution in [1.82, 2.24) is 9.97 Å². The predicted molar refractivity (Wildman–Crippen MR) is 96.8 cm³/mol. The number of nitrogens with one attached hydrogen (secondary N) is 1. The highest BCUT2D eigenvalue weighted by Crippen LogP contribution is 2.38. The Labute approximate surface area is 145 Å². The molecule has 0 atom stereocenters. The largest absolute Gasteiger partial charge is 0.493 e. The van der Waals surface area contributed by atoms with Crippen molar-refractivity contribution in [2.45, 2.75) is 13.1 Å². The molecular weight excluding hydrogens is 318 g/mol. The van der Waals surface area contributed by atoms with Crippen molar-refractivity contribution in [3.05, 3.63) is 47.8 Å². The van der Waals surface area contributed by atoms with Crippen LogP contribution in [0.3, 0.4) is 0 Å². The second-order valence-corrected chi connectivity index (χ2v) is 5.87. The number of hydrogen-bond acceptors (Lipinski definition) is 7. The maximum Gasteiger partial charge on any atom is 0.162 e. The molecule has 0 amide bonds. The Kier molecular flexibility index (Phi) is 3.77. The molecule has 2 heterocycles. The first-order valence-corrected chi connectivity index (χ1v) is 7.94. The third-order valence-corrected chi connectivity index (χ3v) is 4.56. The van der Waals surface area contributed by atoms with Gasteiger partial charge in [0.15, 0.2) is 11.5 Å². The Hall–Kier alpha value is -3.06. The van der Waals surface area contributed by atoms with Gasteiger partial charge < -0.3 is 19.8 Å². The number of fused-ring (bicyclic) bond motifs is 2. The van der Waals surface area contributed by atoms with E-state index in [2.05, 4.69) is 26.4 Å². The quantitative estimate of drug-likeness (QED) is 0.559. The lowest BCUT2D eigenvalue weighted by atomic mass is 10.1. The number of anilines is 2. The van der Waals surface area contributed by atoms with Gasteiger partial charge in [0.25, 0.3) is 0 Å². The van der Waals surface area contributed by atoms with Gasteiger partial charge in [0.2, 0.25) is 0 Å². The van der Waals surface area contributed by atoms with Crippen LogP contribution in [0.15, 0.2) is 36.7 Å². The van der Waals surface area contributed by atoms with Crippen molar-refractivity contribution in [3.63, 3.8) is 0 Å². The molecule has 0 aliphatic carbocycles. The smallest absolute Gasteiger partial charge is 0.162 e. The van der Waals surface area contributed by atoms with Gasteiger partial charge in [-0.3, -0.25) is 5.84 Å². The van der Waals surface area contributed by atoms with E-state index in [1.54, 1.807) is 20.5 Å². The topological polar surface area (TPSA) is 85.5 Å². The molecule has 0 saturated carbocycles. The molecule has 3 aromatic rings. The van der Waals surface area contributed by atoms with E-state index < -0.39 is 0 Å². The van der Waals surface area contributed by atoms with E-state index >= 15 is 0 Å². The van der Waals surface area contributed by atoms with E-state index in [0.717, 1.165) is 35.5 Å². The van der Waals surface area contributed by atoms with Crippen LogP contribution in [-0.2, 0) is 13.1 Å². The van der Waals surface area contributed by atoms with E-state index in [4.69, 9.17) is 15.3 Å². The van der Waals surface area contributed by atoms with Gasteiger partial charge in [-0.05, 0) is 17.7 Å². The molecule has 0 bridgehead atoms. The molecule has 1 aromatic heterocycles. The van der Waals surface area contributed by atoms with E-state index in [-0.39, 0.29) is 0 Å². The first kappa shape index (κ1) is 15.5. The molecule has 25 heavy (non-hydrogen) atoms. The van der Waals surface area contributed by atoms with Gasteiger partial charge >= 0.3 is 0 Å². The average Bonchev–Trinajstić information content (AvgIpc) is 3.10. The van der Waals surface area contributed by atoms with Crippen LogP contribution in [-0.4, -0.2) is 24.2 Å². The summed E-state index contributed by atoms with van der Waals surface area (Å²) in [6, 6.07) is 9.89. The minimum atomic E-state index is 0.652. The first-order chi connectivity index (χ1) is 12.2. The monoisotopic (exact) mass is 337 g/mol. The third kappa shape index (κ3) is 2.49. The number of hydrazine groups is 1. The van der Waals surface area contributed by atoms with E-state index in [9.17, 15) is 0 Å². The molecule has 1 aliphatic rings. The van der Waals surface area contributed by atoms with Gasteiger partial charge in [0.05, 0.1) is 25.4 Å². The maximum atomic E-state index is 5.64. The molecule has 0 spiro atoms. The van der Waals surface area contributed by atoms with Crippen molar-refractivity contribution in [3.8, 4) is 11.5 Å². The molecule has 1 aliphatic heterocycles. The van der Waals surface area contributed by atoms with Gasteiger partial charge in [0, 0.05) is 30.1 Å². The van der Waals surface area contributed by atoms with Crippen LogP contribution in [0, 0.1) is 0 Å². The van der Waals surface area contributed by atoms with Gasteiger partial charge in [-0.15, -0.1) is 0 Å². The first-order valence-electron chi connectivity index (χ1n) is 7.94. The van der Waals surface area contributed by atoms with Crippen LogP contribution in [0.25, 0.3) is 10.9 Å². The van der Waals surface area contributed by atoms with Crippen molar-refractivity contribution in [1.29, 1.82) is 0 Å². The summed E-state index contributed by atoms with van der Waals surface area (Å²) >= 11 is 0. The summed E-state index contributed by atoms with van der Waals surface area (Å²) < 4.78 is 10.8. The molecule has 7 nitrogen and oxygen atoms in total. The van der Waals surface area contributed by atoms with Crippen LogP contribution < -0.4 is 25.6 Å². The number of hydrogen-bond donors (Lipinski definition) is 2. The summed E-state index contributed by atoms with van der Waals surface area (Å²) in [5.74, 6) is 7.82. The summed E-state index contributed by atoms with van der Waals surface area (Å²) in [6.07, 6.45) is 1.58. The number of methoxy groups -OCH3 is 2. The lowest BCUT2D eigenvalue weighted by Crippen LogP contribution is -2.17. The Balaban J connectivity index is 1.80. The Morgan fingerprint density at radius 1 is 1.08 bits per heavy atom. The minimum Gasteiger partial charge on any atom is -0.493 e. The highest BCUT2D eigenvalue weighted by Gasteiger charge is 2.24. The van der Waals surface area contributed by atoms with E-state index in [0.29, 0.717) is 11.5 Å². The lowest BCUT2D eigenvalue weighted by molar-refractivity contribution is 0.356. The Morgan fingerprint density at radius 2 is 1.88 bits per heavy atom. The second kappa shape index (κ2) is 6.10. The number of rotatable bonds is 4. The highest BCUT2D eigenvalue weighted by molar-refractivity contribution is 5.92. The summed E-state index contributed by atoms with van der Waals surface area (Å²) in [7, 11) is 3.24. The molecule has 0 radical (unpaired) electrons. The number of nitrogens with zero attached hydrogens (tertiary/aromatic N) is 3. The molecule has 4 rings (SSSR count). The molecule has 3 N–H and O–H groups in total. The van der Waals surface area contributed by atoms with Gasteiger partial charge in [-0.25, -0.2) is 9.97 Å². The summed E-state index contributed by atoms with van der Waals surface area (Å²) in [6.45, 7) is 1.50. The van der Waals surface area contributed by atoms with Crippen LogP contribution >= 0.6 is 0 Å². The van der Waals surface area contributed by atoms with Gasteiger partial charge in [0.1, 0.15) is 12.1 Å². The Morgan fingerprint density at radius 3 is 2.64 bits per heavy atom. The van der Waals surface area contributed by atoms with Crippen LogP contribution in [0.5, 0.6) is 11.5 Å². The summed E-state index contributed by atoms with van der Waals surface area (Å²) in [4.78, 5) is 11.1. The minimum absolute atomic E-state index is 0.652. The summed E-state index contributed by atoms with van der Waals surface area (Å²) in [5, 5.41) is 0.926. The maximum absolute atomic E-state index is 5.64. The predicted octanol–water partition coefficient (Wildman–Crippen LogP) is 2.45. The fraction of sp³-hybridized carbons (Fsp3) is 0.222. The fourth-order valence-electron chi connectivity index (χ4n) is 3.33. The van der Waals surface area contributed by atoms with E-state index in [1.165, 1.54) is 11.1 Å². The molecule has 0 unspecified atom stereocenters. The molecule has 7 heteroatoms. The van der Waals surface area contributed by atoms with Crippen LogP contribution in [0.1, 0.15) is 11.1 Å². The number of benzene rings is 2. The van der Waals surface area contributed by atoms with Crippen LogP contribution in [0.2, 0.25) is 0 Å². The zero-order valence-corrected chi connectivity index (χ0v) is 14.1. The standard InChI is InChI=1S/C18H19N5O2/c1-24-16-6-12-15(7-17(16)25-2)20-10-21-18(12)23-8-11-4-3-5-14(22-19)13(11)9-23/h3-7,10,22H,8-9,19H2,1-2H3. The normalized spacial score (nSPS) is 13.0. The lowest BCUT2D eigenvalue weighted by Gasteiger charge is -2.19. The van der Waals surface area contributed by atoms with Gasteiger partial charge in [-0.1, -0.05) is 12.1 Å². The van der Waals surface area contributed by atoms with Crippen molar-refractivity contribution < 1.29 is 9.47 Å². The average molecular weight is 337 g/mol. The van der Waals surface area contributed by atoms with E-state index in [1.807, 2.05) is 24.3 Å². The molecule has 0 fully saturated rings. The Bertz CT molecular complexity index is 944. The molecule has 2 aromatic carbocycles. The number of ether oxygens (including phenoxy) is 2. The molecule has 128 valence electrons. The number of nitrogen functional groups attached to an aromatic ring is 1. The van der Waals surface area contributed by atoms with Crippen LogP contribution in [0.4, 0.5) is 11.5 Å². The third-order valence-electron chi connectivity index (χ3n) is 4.56. The highest BCUT2D eigenvalue weighted by atomic mass is 16.5.